The molecule has 0 saturated carbocycles. The van der Waals surface area contributed by atoms with Crippen LogP contribution in [0.3, 0.4) is 0 Å². The molecule has 112 valence electrons. The summed E-state index contributed by atoms with van der Waals surface area (Å²) in [6.07, 6.45) is 3.63. The number of hydrogen-bond donors (Lipinski definition) is 1. The van der Waals surface area contributed by atoms with E-state index < -0.39 is 0 Å². The third-order valence-corrected chi connectivity index (χ3v) is 3.27. The van der Waals surface area contributed by atoms with Crippen molar-refractivity contribution in [2.24, 2.45) is 0 Å². The molecule has 1 N–H and O–H groups in total. The molecule has 1 aromatic rings. The highest BCUT2D eigenvalue weighted by Gasteiger charge is 2.14. The summed E-state index contributed by atoms with van der Waals surface area (Å²) in [6.45, 7) is 4.08. The molecule has 5 heteroatoms. The molecule has 0 aromatic carbocycles. The van der Waals surface area contributed by atoms with Crippen LogP contribution in [0.2, 0.25) is 0 Å². The van der Waals surface area contributed by atoms with Crippen molar-refractivity contribution in [1.82, 2.24) is 10.3 Å². The third-order valence-electron chi connectivity index (χ3n) is 3.27. The first-order chi connectivity index (χ1) is 9.88. The summed E-state index contributed by atoms with van der Waals surface area (Å²) in [5.41, 5.74) is 0.990. The molecule has 0 spiro atoms. The van der Waals surface area contributed by atoms with Gasteiger partial charge in [-0.25, -0.2) is 4.98 Å². The smallest absolute Gasteiger partial charge is 0.213 e. The summed E-state index contributed by atoms with van der Waals surface area (Å²) in [6, 6.07) is 5.79. The molecule has 1 saturated heterocycles. The molecule has 1 aliphatic heterocycles. The summed E-state index contributed by atoms with van der Waals surface area (Å²) < 4.78 is 16.2. The SMILES string of the molecule is COc1cccc(CNCCCOCC2CCCO2)n1. The average Bonchev–Trinajstić information content (AvgIpc) is 3.00. The summed E-state index contributed by atoms with van der Waals surface area (Å²) in [4.78, 5) is 4.34. The Kier molecular flexibility index (Phi) is 6.77. The minimum atomic E-state index is 0.323. The monoisotopic (exact) mass is 280 g/mol. The van der Waals surface area contributed by atoms with E-state index in [1.807, 2.05) is 18.2 Å². The minimum Gasteiger partial charge on any atom is -0.481 e. The first kappa shape index (κ1) is 15.2. The number of aromatic nitrogens is 1. The van der Waals surface area contributed by atoms with Gasteiger partial charge in [-0.3, -0.25) is 0 Å². The molecular weight excluding hydrogens is 256 g/mol. The van der Waals surface area contributed by atoms with Crippen molar-refractivity contribution < 1.29 is 14.2 Å². The molecule has 0 aliphatic carbocycles. The van der Waals surface area contributed by atoms with Crippen LogP contribution in [0.4, 0.5) is 0 Å². The van der Waals surface area contributed by atoms with Gasteiger partial charge in [-0.05, 0) is 31.9 Å². The fourth-order valence-electron chi connectivity index (χ4n) is 2.18. The highest BCUT2D eigenvalue weighted by molar-refractivity contribution is 5.15. The van der Waals surface area contributed by atoms with Gasteiger partial charge in [-0.2, -0.15) is 0 Å². The lowest BCUT2D eigenvalue weighted by molar-refractivity contribution is 0.0166. The maximum absolute atomic E-state index is 5.61. The van der Waals surface area contributed by atoms with E-state index in [9.17, 15) is 0 Å². The van der Waals surface area contributed by atoms with E-state index in [0.29, 0.717) is 12.0 Å². The number of ether oxygens (including phenoxy) is 3. The Balaban J connectivity index is 1.48. The van der Waals surface area contributed by atoms with Crippen molar-refractivity contribution in [3.8, 4) is 5.88 Å². The van der Waals surface area contributed by atoms with Gasteiger partial charge in [0.2, 0.25) is 5.88 Å². The quantitative estimate of drug-likeness (QED) is 0.699. The Hall–Kier alpha value is -1.17. The van der Waals surface area contributed by atoms with Crippen LogP contribution < -0.4 is 10.1 Å². The standard InChI is InChI=1S/C15H24N2O3/c1-18-15-7-2-5-13(17-15)11-16-8-4-9-19-12-14-6-3-10-20-14/h2,5,7,14,16H,3-4,6,8-12H2,1H3. The van der Waals surface area contributed by atoms with Crippen LogP contribution in [0.15, 0.2) is 18.2 Å². The first-order valence-corrected chi connectivity index (χ1v) is 7.28. The van der Waals surface area contributed by atoms with Crippen LogP contribution in [0.5, 0.6) is 5.88 Å². The molecule has 1 fully saturated rings. The molecule has 5 nitrogen and oxygen atoms in total. The van der Waals surface area contributed by atoms with Crippen molar-refractivity contribution in [2.75, 3.05) is 33.5 Å². The van der Waals surface area contributed by atoms with Gasteiger partial charge in [0, 0.05) is 25.8 Å². The lowest BCUT2D eigenvalue weighted by atomic mass is 10.2. The van der Waals surface area contributed by atoms with Crippen LogP contribution in [-0.4, -0.2) is 44.6 Å². The van der Waals surface area contributed by atoms with Crippen molar-refractivity contribution in [3.05, 3.63) is 23.9 Å². The predicted octanol–water partition coefficient (Wildman–Crippen LogP) is 1.77. The highest BCUT2D eigenvalue weighted by Crippen LogP contribution is 2.11. The number of nitrogens with zero attached hydrogens (tertiary/aromatic N) is 1. The Bertz CT molecular complexity index is 381. The van der Waals surface area contributed by atoms with Gasteiger partial charge in [0.05, 0.1) is 25.5 Å². The third kappa shape index (κ3) is 5.45. The molecule has 2 rings (SSSR count). The minimum absolute atomic E-state index is 0.323. The van der Waals surface area contributed by atoms with E-state index in [2.05, 4.69) is 10.3 Å². The van der Waals surface area contributed by atoms with Crippen LogP contribution >= 0.6 is 0 Å². The largest absolute Gasteiger partial charge is 0.481 e. The van der Waals surface area contributed by atoms with Crippen molar-refractivity contribution in [1.29, 1.82) is 0 Å². The van der Waals surface area contributed by atoms with Crippen molar-refractivity contribution in [2.45, 2.75) is 31.9 Å². The van der Waals surface area contributed by atoms with Gasteiger partial charge < -0.3 is 19.5 Å². The van der Waals surface area contributed by atoms with Gasteiger partial charge in [0.15, 0.2) is 0 Å². The number of hydrogen-bond acceptors (Lipinski definition) is 5. The van der Waals surface area contributed by atoms with Crippen LogP contribution in [0.1, 0.15) is 25.0 Å². The van der Waals surface area contributed by atoms with Gasteiger partial charge in [-0.1, -0.05) is 6.07 Å². The molecular formula is C15H24N2O3. The van der Waals surface area contributed by atoms with E-state index in [1.165, 1.54) is 6.42 Å². The molecule has 0 radical (unpaired) electrons. The molecule has 0 bridgehead atoms. The van der Waals surface area contributed by atoms with E-state index in [1.54, 1.807) is 7.11 Å². The van der Waals surface area contributed by atoms with Gasteiger partial charge in [-0.15, -0.1) is 0 Å². The second-order valence-electron chi connectivity index (χ2n) is 4.91. The number of methoxy groups -OCH3 is 1. The molecule has 0 amide bonds. The summed E-state index contributed by atoms with van der Waals surface area (Å²) in [5, 5.41) is 3.35. The lowest BCUT2D eigenvalue weighted by Crippen LogP contribution is -2.19. The fraction of sp³-hybridized carbons (Fsp3) is 0.667. The lowest BCUT2D eigenvalue weighted by Gasteiger charge is -2.10. The zero-order chi connectivity index (χ0) is 14.0. The zero-order valence-corrected chi connectivity index (χ0v) is 12.1. The number of pyridine rings is 1. The molecule has 1 aromatic heterocycles. The molecule has 1 unspecified atom stereocenters. The van der Waals surface area contributed by atoms with Crippen molar-refractivity contribution >= 4 is 0 Å². The highest BCUT2D eigenvalue weighted by atomic mass is 16.5. The topological polar surface area (TPSA) is 52.6 Å². The fourth-order valence-corrected chi connectivity index (χ4v) is 2.18. The second-order valence-corrected chi connectivity index (χ2v) is 4.91. The predicted molar refractivity (Wildman–Crippen MR) is 76.9 cm³/mol. The Morgan fingerprint density at radius 3 is 3.20 bits per heavy atom. The van der Waals surface area contributed by atoms with Crippen LogP contribution in [0.25, 0.3) is 0 Å². The molecule has 1 atom stereocenters. The number of nitrogens with one attached hydrogen (secondary N) is 1. The molecule has 20 heavy (non-hydrogen) atoms. The summed E-state index contributed by atoms with van der Waals surface area (Å²) in [5.74, 6) is 0.657. The maximum Gasteiger partial charge on any atom is 0.213 e. The van der Waals surface area contributed by atoms with Crippen LogP contribution in [-0.2, 0) is 16.0 Å². The maximum atomic E-state index is 5.61. The van der Waals surface area contributed by atoms with E-state index in [-0.39, 0.29) is 0 Å². The Morgan fingerprint density at radius 2 is 2.40 bits per heavy atom. The van der Waals surface area contributed by atoms with Gasteiger partial charge in [0.25, 0.3) is 0 Å². The van der Waals surface area contributed by atoms with Gasteiger partial charge >= 0.3 is 0 Å². The second kappa shape index (κ2) is 8.89. The molecule has 1 aliphatic rings. The summed E-state index contributed by atoms with van der Waals surface area (Å²) >= 11 is 0. The summed E-state index contributed by atoms with van der Waals surface area (Å²) in [7, 11) is 1.63. The van der Waals surface area contributed by atoms with Crippen molar-refractivity contribution in [3.63, 3.8) is 0 Å². The first-order valence-electron chi connectivity index (χ1n) is 7.28. The van der Waals surface area contributed by atoms with E-state index >= 15 is 0 Å². The van der Waals surface area contributed by atoms with E-state index in [0.717, 1.165) is 51.4 Å². The normalized spacial score (nSPS) is 18.4. The van der Waals surface area contributed by atoms with Crippen LogP contribution in [0, 0.1) is 0 Å². The number of rotatable bonds is 9. The molecule has 2 heterocycles. The average molecular weight is 280 g/mol. The van der Waals surface area contributed by atoms with Gasteiger partial charge in [0.1, 0.15) is 0 Å². The Morgan fingerprint density at radius 1 is 1.45 bits per heavy atom. The zero-order valence-electron chi connectivity index (χ0n) is 12.1. The van der Waals surface area contributed by atoms with E-state index in [4.69, 9.17) is 14.2 Å². The Labute approximate surface area is 120 Å².